The minimum atomic E-state index is -0.380. The molecule has 1 atom stereocenters. The molecule has 0 aromatic carbocycles. The van der Waals surface area contributed by atoms with Gasteiger partial charge in [-0.25, -0.2) is 0 Å². The number of carbonyl (C=O) groups excluding carboxylic acids is 1. The summed E-state index contributed by atoms with van der Waals surface area (Å²) in [6, 6.07) is 0. The zero-order valence-corrected chi connectivity index (χ0v) is 9.67. The van der Waals surface area contributed by atoms with Gasteiger partial charge in [0.1, 0.15) is 0 Å². The average Bonchev–Trinajstić information content (AvgIpc) is 2.71. The molecule has 1 aromatic heterocycles. The van der Waals surface area contributed by atoms with Crippen molar-refractivity contribution >= 4 is 17.4 Å². The van der Waals surface area contributed by atoms with E-state index in [0.29, 0.717) is 12.1 Å². The Balaban J connectivity index is 2.63. The third-order valence-corrected chi connectivity index (χ3v) is 2.96. The van der Waals surface area contributed by atoms with E-state index in [1.165, 1.54) is 0 Å². The molecule has 2 N–H and O–H groups in total. The second-order valence-electron chi connectivity index (χ2n) is 3.63. The third kappa shape index (κ3) is 3.24. The Labute approximate surface area is 92.7 Å². The Morgan fingerprint density at radius 1 is 1.73 bits per heavy atom. The molecule has 0 aliphatic rings. The molecule has 0 bridgehead atoms. The summed E-state index contributed by atoms with van der Waals surface area (Å²) in [7, 11) is 0. The molecule has 1 aromatic rings. The molecule has 0 fully saturated rings. The first-order valence-corrected chi connectivity index (χ1v) is 5.65. The van der Waals surface area contributed by atoms with E-state index in [2.05, 4.69) is 14.9 Å². The number of hydrogen-bond acceptors (Lipinski definition) is 5. The Bertz CT molecular complexity index is 315. The van der Waals surface area contributed by atoms with Gasteiger partial charge in [-0.05, 0) is 31.3 Å². The molecule has 0 saturated carbocycles. The number of nitrogens with zero attached hydrogens (tertiary/aromatic N) is 2. The fraction of sp³-hybridized carbons (Fsp3) is 0.667. The molecular formula is C9H15N3O2S. The lowest BCUT2D eigenvalue weighted by molar-refractivity contribution is 0.0881. The van der Waals surface area contributed by atoms with Crippen molar-refractivity contribution in [3.63, 3.8) is 0 Å². The number of hydrogen-bond donors (Lipinski definition) is 2. The van der Waals surface area contributed by atoms with Crippen LogP contribution in [0.2, 0.25) is 0 Å². The van der Waals surface area contributed by atoms with E-state index >= 15 is 0 Å². The van der Waals surface area contributed by atoms with Crippen molar-refractivity contribution < 1.29 is 9.90 Å². The Hall–Kier alpha value is -1.01. The lowest BCUT2D eigenvalue weighted by Gasteiger charge is -2.28. The highest BCUT2D eigenvalue weighted by Crippen LogP contribution is 2.14. The van der Waals surface area contributed by atoms with Gasteiger partial charge in [-0.1, -0.05) is 11.4 Å². The third-order valence-electron chi connectivity index (χ3n) is 2.45. The minimum absolute atomic E-state index is 0.0555. The average molecular weight is 229 g/mol. The molecular weight excluding hydrogens is 214 g/mol. The molecule has 1 unspecified atom stereocenters. The number of rotatable bonds is 5. The summed E-state index contributed by atoms with van der Waals surface area (Å²) in [5.41, 5.74) is -0.0484. The van der Waals surface area contributed by atoms with Crippen molar-refractivity contribution in [2.75, 3.05) is 6.61 Å². The fourth-order valence-electron chi connectivity index (χ4n) is 1.18. The van der Waals surface area contributed by atoms with Gasteiger partial charge >= 0.3 is 0 Å². The highest BCUT2D eigenvalue weighted by Gasteiger charge is 2.24. The van der Waals surface area contributed by atoms with Gasteiger partial charge in [0.05, 0.1) is 0 Å². The predicted molar refractivity (Wildman–Crippen MR) is 57.8 cm³/mol. The van der Waals surface area contributed by atoms with Crippen molar-refractivity contribution in [2.45, 2.75) is 32.2 Å². The van der Waals surface area contributed by atoms with Crippen LogP contribution in [0.25, 0.3) is 0 Å². The van der Waals surface area contributed by atoms with Gasteiger partial charge in [0.2, 0.25) is 0 Å². The van der Waals surface area contributed by atoms with Crippen LogP contribution >= 0.6 is 11.5 Å². The molecule has 15 heavy (non-hydrogen) atoms. The van der Waals surface area contributed by atoms with E-state index in [0.717, 1.165) is 18.0 Å². The van der Waals surface area contributed by atoms with Crippen molar-refractivity contribution in [2.24, 2.45) is 0 Å². The number of nitrogens with one attached hydrogen (secondary N) is 1. The number of carbonyl (C=O) groups is 1. The molecule has 0 spiro atoms. The van der Waals surface area contributed by atoms with Crippen molar-refractivity contribution in [1.29, 1.82) is 0 Å². The van der Waals surface area contributed by atoms with Crippen LogP contribution in [0.15, 0.2) is 5.38 Å². The van der Waals surface area contributed by atoms with Crippen molar-refractivity contribution in [1.82, 2.24) is 14.9 Å². The first-order valence-electron chi connectivity index (χ1n) is 4.82. The molecule has 1 rings (SSSR count). The van der Waals surface area contributed by atoms with Gasteiger partial charge in [0, 0.05) is 17.5 Å². The van der Waals surface area contributed by atoms with Crippen molar-refractivity contribution in [3.8, 4) is 0 Å². The van der Waals surface area contributed by atoms with Crippen LogP contribution in [-0.2, 0) is 0 Å². The lowest BCUT2D eigenvalue weighted by Crippen LogP contribution is -2.46. The lowest BCUT2D eigenvalue weighted by atomic mass is 9.95. The fourth-order valence-corrected chi connectivity index (χ4v) is 1.61. The van der Waals surface area contributed by atoms with E-state index in [-0.39, 0.29) is 18.1 Å². The first kappa shape index (κ1) is 12.1. The summed E-state index contributed by atoms with van der Waals surface area (Å²) in [5.74, 6) is -0.235. The van der Waals surface area contributed by atoms with Crippen LogP contribution in [0, 0.1) is 0 Å². The Morgan fingerprint density at radius 3 is 2.93 bits per heavy atom. The van der Waals surface area contributed by atoms with E-state index in [9.17, 15) is 4.79 Å². The summed E-state index contributed by atoms with van der Waals surface area (Å²) in [4.78, 5) is 11.7. The topological polar surface area (TPSA) is 75.1 Å². The molecule has 1 heterocycles. The number of aliphatic hydroxyl groups is 1. The molecule has 84 valence electrons. The highest BCUT2D eigenvalue weighted by molar-refractivity contribution is 7.03. The zero-order chi connectivity index (χ0) is 11.3. The second kappa shape index (κ2) is 5.18. The summed E-state index contributed by atoms with van der Waals surface area (Å²) in [6.07, 6.45) is 1.30. The molecule has 0 radical (unpaired) electrons. The van der Waals surface area contributed by atoms with Gasteiger partial charge in [0.15, 0.2) is 5.69 Å². The van der Waals surface area contributed by atoms with Crippen LogP contribution in [-0.4, -0.2) is 32.7 Å². The molecule has 0 aliphatic heterocycles. The van der Waals surface area contributed by atoms with E-state index in [1.807, 2.05) is 13.8 Å². The summed E-state index contributed by atoms with van der Waals surface area (Å²) >= 11 is 1.14. The molecule has 0 saturated heterocycles. The standard InChI is InChI=1S/C9H15N3O2S/c1-3-9(2,4-5-13)10-8(14)7-6-15-12-11-7/h6,13H,3-5H2,1-2H3,(H,10,14). The smallest absolute Gasteiger partial charge is 0.273 e. The van der Waals surface area contributed by atoms with Crippen LogP contribution < -0.4 is 5.32 Å². The Kier molecular flexibility index (Phi) is 4.16. The summed E-state index contributed by atoms with van der Waals surface area (Å²) in [6.45, 7) is 3.93. The van der Waals surface area contributed by atoms with Gasteiger partial charge < -0.3 is 10.4 Å². The highest BCUT2D eigenvalue weighted by atomic mass is 32.1. The maximum absolute atomic E-state index is 11.7. The first-order chi connectivity index (χ1) is 7.11. The second-order valence-corrected chi connectivity index (χ2v) is 4.24. The number of amides is 1. The van der Waals surface area contributed by atoms with Crippen LogP contribution in [0.5, 0.6) is 0 Å². The zero-order valence-electron chi connectivity index (χ0n) is 8.86. The van der Waals surface area contributed by atoms with Crippen molar-refractivity contribution in [3.05, 3.63) is 11.1 Å². The predicted octanol–water partition coefficient (Wildman–Crippen LogP) is 0.819. The van der Waals surface area contributed by atoms with E-state index in [4.69, 9.17) is 5.11 Å². The van der Waals surface area contributed by atoms with Crippen LogP contribution in [0.1, 0.15) is 37.2 Å². The molecule has 1 amide bonds. The molecule has 5 nitrogen and oxygen atoms in total. The summed E-state index contributed by atoms with van der Waals surface area (Å²) in [5, 5.41) is 17.0. The molecule has 0 aliphatic carbocycles. The maximum atomic E-state index is 11.7. The van der Waals surface area contributed by atoms with E-state index < -0.39 is 0 Å². The summed E-state index contributed by atoms with van der Waals surface area (Å²) < 4.78 is 3.63. The number of aromatic nitrogens is 2. The SMILES string of the molecule is CCC(C)(CCO)NC(=O)c1csnn1. The normalized spacial score (nSPS) is 14.6. The maximum Gasteiger partial charge on any atom is 0.273 e. The van der Waals surface area contributed by atoms with Gasteiger partial charge in [-0.15, -0.1) is 5.10 Å². The largest absolute Gasteiger partial charge is 0.396 e. The van der Waals surface area contributed by atoms with Crippen LogP contribution in [0.3, 0.4) is 0 Å². The Morgan fingerprint density at radius 2 is 2.47 bits per heavy atom. The van der Waals surface area contributed by atoms with Gasteiger partial charge in [0.25, 0.3) is 5.91 Å². The molecule has 6 heteroatoms. The quantitative estimate of drug-likeness (QED) is 0.783. The minimum Gasteiger partial charge on any atom is -0.396 e. The monoisotopic (exact) mass is 229 g/mol. The van der Waals surface area contributed by atoms with Crippen LogP contribution in [0.4, 0.5) is 0 Å². The van der Waals surface area contributed by atoms with E-state index in [1.54, 1.807) is 5.38 Å². The van der Waals surface area contributed by atoms with Gasteiger partial charge in [-0.2, -0.15) is 0 Å². The van der Waals surface area contributed by atoms with Gasteiger partial charge in [-0.3, -0.25) is 4.79 Å². The number of aliphatic hydroxyl groups excluding tert-OH is 1.